The molecule has 0 spiro atoms. The van der Waals surface area contributed by atoms with Gasteiger partial charge in [0.05, 0.1) is 35.0 Å². The molecule has 156 valence electrons. The zero-order valence-corrected chi connectivity index (χ0v) is 19.2. The van der Waals surface area contributed by atoms with Crippen molar-refractivity contribution in [2.45, 2.75) is 6.42 Å². The summed E-state index contributed by atoms with van der Waals surface area (Å²) in [7, 11) is 1.65. The maximum atomic E-state index is 12.5. The summed E-state index contributed by atoms with van der Waals surface area (Å²) in [6.45, 7) is 0. The van der Waals surface area contributed by atoms with E-state index in [1.54, 1.807) is 7.11 Å². The summed E-state index contributed by atoms with van der Waals surface area (Å²) in [5.74, 6) is 0.987. The molecule has 1 aliphatic rings. The molecule has 1 N–H and O–H groups in total. The topological polar surface area (TPSA) is 63.1 Å². The summed E-state index contributed by atoms with van der Waals surface area (Å²) in [5, 5.41) is 3.77. The maximum Gasteiger partial charge on any atom is 0.234 e. The first-order chi connectivity index (χ1) is 15.1. The van der Waals surface area contributed by atoms with Crippen molar-refractivity contribution in [2.24, 2.45) is 9.98 Å². The molecule has 0 saturated carbocycles. The lowest BCUT2D eigenvalue weighted by Crippen LogP contribution is -2.16. The number of halogens is 1. The normalized spacial score (nSPS) is 12.8. The van der Waals surface area contributed by atoms with E-state index in [1.807, 2.05) is 72.8 Å². The Morgan fingerprint density at radius 3 is 2.48 bits per heavy atom. The van der Waals surface area contributed by atoms with Crippen LogP contribution in [0.4, 0.5) is 17.1 Å². The standard InChI is InChI=1S/C24H20BrN3O2S/c1-30-19-11-9-16(10-12-19)22-14-24(28-21-8-3-2-7-20(21)27-22)31-15-23(29)26-18-6-4-5-17(25)13-18/h2-13H,14-15H2,1H3,(H,26,29). The second kappa shape index (κ2) is 9.94. The molecule has 0 aliphatic carbocycles. The fraction of sp³-hybridized carbons (Fsp3) is 0.125. The number of anilines is 1. The van der Waals surface area contributed by atoms with E-state index in [9.17, 15) is 4.79 Å². The van der Waals surface area contributed by atoms with Gasteiger partial charge in [-0.3, -0.25) is 9.79 Å². The number of thioether (sulfide) groups is 1. The number of nitrogens with zero attached hydrogens (tertiary/aromatic N) is 2. The number of carbonyl (C=O) groups excluding carboxylic acids is 1. The summed E-state index contributed by atoms with van der Waals surface area (Å²) in [6, 6.07) is 23.2. The summed E-state index contributed by atoms with van der Waals surface area (Å²) in [5.41, 5.74) is 4.30. The van der Waals surface area contributed by atoms with Crippen LogP contribution in [0.2, 0.25) is 0 Å². The number of amides is 1. The van der Waals surface area contributed by atoms with Gasteiger partial charge < -0.3 is 10.1 Å². The van der Waals surface area contributed by atoms with E-state index in [2.05, 4.69) is 21.2 Å². The minimum atomic E-state index is -0.0775. The van der Waals surface area contributed by atoms with Gasteiger partial charge in [0.1, 0.15) is 5.75 Å². The summed E-state index contributed by atoms with van der Waals surface area (Å²) in [6.07, 6.45) is 0.551. The Morgan fingerprint density at radius 1 is 1.03 bits per heavy atom. The van der Waals surface area contributed by atoms with Gasteiger partial charge >= 0.3 is 0 Å². The van der Waals surface area contributed by atoms with Gasteiger partial charge in [0, 0.05) is 16.6 Å². The number of ether oxygens (including phenoxy) is 1. The lowest BCUT2D eigenvalue weighted by molar-refractivity contribution is -0.113. The molecule has 0 saturated heterocycles. The number of aliphatic imine (C=N–C) groups is 2. The molecule has 1 heterocycles. The Kier molecular flexibility index (Phi) is 6.84. The van der Waals surface area contributed by atoms with E-state index in [1.165, 1.54) is 11.8 Å². The van der Waals surface area contributed by atoms with Crippen LogP contribution in [0.15, 0.2) is 87.3 Å². The van der Waals surface area contributed by atoms with Crippen molar-refractivity contribution in [3.8, 4) is 5.75 Å². The van der Waals surface area contributed by atoms with Crippen LogP contribution in [0.25, 0.3) is 0 Å². The average molecular weight is 494 g/mol. The number of fused-ring (bicyclic) bond motifs is 1. The molecule has 0 radical (unpaired) electrons. The first-order valence-corrected chi connectivity index (χ1v) is 11.5. The van der Waals surface area contributed by atoms with E-state index in [4.69, 9.17) is 14.7 Å². The highest BCUT2D eigenvalue weighted by Crippen LogP contribution is 2.33. The van der Waals surface area contributed by atoms with Gasteiger partial charge in [-0.2, -0.15) is 0 Å². The fourth-order valence-corrected chi connectivity index (χ4v) is 4.27. The van der Waals surface area contributed by atoms with Gasteiger partial charge in [0.2, 0.25) is 5.91 Å². The number of rotatable bonds is 5. The number of para-hydroxylation sites is 2. The molecule has 3 aromatic rings. The van der Waals surface area contributed by atoms with Crippen molar-refractivity contribution < 1.29 is 9.53 Å². The van der Waals surface area contributed by atoms with E-state index in [-0.39, 0.29) is 11.7 Å². The Labute approximate surface area is 193 Å². The third kappa shape index (κ3) is 5.62. The predicted molar refractivity (Wildman–Crippen MR) is 133 cm³/mol. The smallest absolute Gasteiger partial charge is 0.234 e. The van der Waals surface area contributed by atoms with Crippen molar-refractivity contribution in [3.63, 3.8) is 0 Å². The van der Waals surface area contributed by atoms with Crippen LogP contribution in [-0.4, -0.2) is 29.5 Å². The second-order valence-corrected chi connectivity index (χ2v) is 8.77. The van der Waals surface area contributed by atoms with Crippen molar-refractivity contribution in [1.82, 2.24) is 0 Å². The first-order valence-electron chi connectivity index (χ1n) is 9.67. The molecular formula is C24H20BrN3O2S. The minimum Gasteiger partial charge on any atom is -0.497 e. The quantitative estimate of drug-likeness (QED) is 0.448. The Bertz CT molecular complexity index is 1160. The molecule has 4 rings (SSSR count). The van der Waals surface area contributed by atoms with Crippen molar-refractivity contribution in [2.75, 3.05) is 18.2 Å². The predicted octanol–water partition coefficient (Wildman–Crippen LogP) is 6.38. The Balaban J connectivity index is 1.52. The number of hydrogen-bond donors (Lipinski definition) is 1. The zero-order chi connectivity index (χ0) is 21.6. The third-order valence-corrected chi connectivity index (χ3v) is 6.07. The molecule has 0 atom stereocenters. The highest BCUT2D eigenvalue weighted by atomic mass is 79.9. The largest absolute Gasteiger partial charge is 0.497 e. The Hall–Kier alpha value is -2.90. The molecular weight excluding hydrogens is 474 g/mol. The monoisotopic (exact) mass is 493 g/mol. The second-order valence-electron chi connectivity index (χ2n) is 6.81. The van der Waals surface area contributed by atoms with Crippen molar-refractivity contribution in [3.05, 3.63) is 82.8 Å². The average Bonchev–Trinajstić information content (AvgIpc) is 2.97. The zero-order valence-electron chi connectivity index (χ0n) is 16.8. The minimum absolute atomic E-state index is 0.0775. The first kappa shape index (κ1) is 21.3. The van der Waals surface area contributed by atoms with E-state index in [0.717, 1.165) is 43.6 Å². The van der Waals surface area contributed by atoms with Gasteiger partial charge in [-0.25, -0.2) is 4.99 Å². The van der Waals surface area contributed by atoms with Crippen LogP contribution in [-0.2, 0) is 4.79 Å². The molecule has 5 nitrogen and oxygen atoms in total. The van der Waals surface area contributed by atoms with Crippen molar-refractivity contribution >= 4 is 61.4 Å². The molecule has 0 unspecified atom stereocenters. The van der Waals surface area contributed by atoms with E-state index in [0.29, 0.717) is 6.42 Å². The van der Waals surface area contributed by atoms with Gasteiger partial charge in [-0.05, 0) is 60.2 Å². The van der Waals surface area contributed by atoms with Crippen LogP contribution in [0, 0.1) is 0 Å². The highest BCUT2D eigenvalue weighted by Gasteiger charge is 2.17. The van der Waals surface area contributed by atoms with Crippen LogP contribution >= 0.6 is 27.7 Å². The molecule has 31 heavy (non-hydrogen) atoms. The maximum absolute atomic E-state index is 12.5. The Morgan fingerprint density at radius 2 is 1.77 bits per heavy atom. The molecule has 7 heteroatoms. The lowest BCUT2D eigenvalue weighted by Gasteiger charge is -2.09. The van der Waals surface area contributed by atoms with Gasteiger partial charge in [0.25, 0.3) is 0 Å². The molecule has 1 amide bonds. The van der Waals surface area contributed by atoms with Crippen LogP contribution in [0.1, 0.15) is 12.0 Å². The lowest BCUT2D eigenvalue weighted by atomic mass is 10.1. The molecule has 1 aliphatic heterocycles. The number of hydrogen-bond acceptors (Lipinski definition) is 5. The molecule has 3 aromatic carbocycles. The summed E-state index contributed by atoms with van der Waals surface area (Å²) >= 11 is 4.85. The van der Waals surface area contributed by atoms with Crippen LogP contribution in [0.3, 0.4) is 0 Å². The van der Waals surface area contributed by atoms with Crippen LogP contribution < -0.4 is 10.1 Å². The van der Waals surface area contributed by atoms with E-state index < -0.39 is 0 Å². The highest BCUT2D eigenvalue weighted by molar-refractivity contribution is 9.10. The van der Waals surface area contributed by atoms with Gasteiger partial charge in [0.15, 0.2) is 0 Å². The van der Waals surface area contributed by atoms with Crippen LogP contribution in [0.5, 0.6) is 5.75 Å². The van der Waals surface area contributed by atoms with Gasteiger partial charge in [-0.1, -0.05) is 34.1 Å². The summed E-state index contributed by atoms with van der Waals surface area (Å²) < 4.78 is 6.18. The van der Waals surface area contributed by atoms with Gasteiger partial charge in [-0.15, -0.1) is 11.8 Å². The summed E-state index contributed by atoms with van der Waals surface area (Å²) in [4.78, 5) is 22.1. The fourth-order valence-electron chi connectivity index (χ4n) is 3.10. The van der Waals surface area contributed by atoms with Crippen molar-refractivity contribution in [1.29, 1.82) is 0 Å². The molecule has 0 aromatic heterocycles. The SMILES string of the molecule is COc1ccc(C2=Nc3ccccc3N=C(SCC(=O)Nc3cccc(Br)c3)C2)cc1. The number of carbonyl (C=O) groups is 1. The number of nitrogens with one attached hydrogen (secondary N) is 1. The molecule has 0 fully saturated rings. The van der Waals surface area contributed by atoms with E-state index >= 15 is 0 Å². The number of methoxy groups -OCH3 is 1. The number of benzene rings is 3. The molecule has 0 bridgehead atoms. The third-order valence-electron chi connectivity index (χ3n) is 4.60.